The van der Waals surface area contributed by atoms with Crippen LogP contribution in [-0.4, -0.2) is 50.5 Å². The third kappa shape index (κ3) is 10.3. The Hall–Kier alpha value is -2.59. The number of hydrogen-bond donors (Lipinski definition) is 1. The van der Waals surface area contributed by atoms with Crippen molar-refractivity contribution in [3.8, 4) is 0 Å². The van der Waals surface area contributed by atoms with E-state index in [4.69, 9.17) is 23.2 Å². The summed E-state index contributed by atoms with van der Waals surface area (Å²) in [5, 5.41) is 3.58. The number of nitrogens with zero attached hydrogens (tertiary/aromatic N) is 2. The fourth-order valence-electron chi connectivity index (χ4n) is 4.42. The standard InChI is InChI=1S/C31H36BrCl2N3O4S/c1-22(2)20-35-31(39)29(18-23-8-5-4-6-9-23)36(21-24-11-13-25(32)14-12-24)30(38)10-7-17-37(42(3,40)41)28-19-26(33)15-16-27(28)34/h4-6,8-9,11-16,19,22,29H,7,10,17-18,20-21H2,1-3H3,(H,35,39)/t29-/m1/s1. The van der Waals surface area contributed by atoms with Gasteiger partial charge in [0.1, 0.15) is 6.04 Å². The zero-order valence-corrected chi connectivity index (χ0v) is 27.8. The minimum absolute atomic E-state index is 0.0135. The Balaban J connectivity index is 1.89. The average Bonchev–Trinajstić information content (AvgIpc) is 2.94. The fourth-order valence-corrected chi connectivity index (χ4v) is 6.09. The van der Waals surface area contributed by atoms with Gasteiger partial charge in [-0.25, -0.2) is 8.42 Å². The van der Waals surface area contributed by atoms with Crippen molar-refractivity contribution in [2.45, 2.75) is 45.7 Å². The predicted molar refractivity (Wildman–Crippen MR) is 174 cm³/mol. The van der Waals surface area contributed by atoms with Crippen molar-refractivity contribution in [3.05, 3.63) is 98.4 Å². The Morgan fingerprint density at radius 1 is 0.952 bits per heavy atom. The molecule has 2 amide bonds. The molecule has 0 saturated carbocycles. The molecule has 0 heterocycles. The minimum atomic E-state index is -3.72. The van der Waals surface area contributed by atoms with Gasteiger partial charge >= 0.3 is 0 Å². The molecule has 0 aliphatic carbocycles. The van der Waals surface area contributed by atoms with Gasteiger partial charge in [0, 0.05) is 42.0 Å². The Kier molecular flexibility index (Phi) is 12.7. The lowest BCUT2D eigenvalue weighted by Crippen LogP contribution is -2.51. The highest BCUT2D eigenvalue weighted by molar-refractivity contribution is 9.10. The predicted octanol–water partition coefficient (Wildman–Crippen LogP) is 6.71. The summed E-state index contributed by atoms with van der Waals surface area (Å²) in [5.74, 6) is -0.257. The molecule has 1 atom stereocenters. The van der Waals surface area contributed by atoms with Crippen LogP contribution < -0.4 is 9.62 Å². The highest BCUT2D eigenvalue weighted by atomic mass is 79.9. The molecule has 0 bridgehead atoms. The summed E-state index contributed by atoms with van der Waals surface area (Å²) in [6, 6.07) is 21.0. The lowest BCUT2D eigenvalue weighted by Gasteiger charge is -2.32. The topological polar surface area (TPSA) is 86.8 Å². The Morgan fingerprint density at radius 3 is 2.24 bits per heavy atom. The minimum Gasteiger partial charge on any atom is -0.354 e. The van der Waals surface area contributed by atoms with Crippen LogP contribution in [-0.2, 0) is 32.6 Å². The maximum Gasteiger partial charge on any atom is 0.243 e. The van der Waals surface area contributed by atoms with E-state index in [1.807, 2.05) is 68.4 Å². The van der Waals surface area contributed by atoms with Crippen molar-refractivity contribution in [1.82, 2.24) is 10.2 Å². The molecule has 3 rings (SSSR count). The smallest absolute Gasteiger partial charge is 0.243 e. The summed E-state index contributed by atoms with van der Waals surface area (Å²) in [4.78, 5) is 29.1. The molecule has 3 aromatic rings. The van der Waals surface area contributed by atoms with E-state index in [-0.39, 0.29) is 54.4 Å². The van der Waals surface area contributed by atoms with Gasteiger partial charge in [-0.2, -0.15) is 0 Å². The van der Waals surface area contributed by atoms with Crippen LogP contribution in [0.2, 0.25) is 10.0 Å². The molecule has 1 N–H and O–H groups in total. The largest absolute Gasteiger partial charge is 0.354 e. The molecule has 0 aromatic heterocycles. The first-order chi connectivity index (χ1) is 19.8. The van der Waals surface area contributed by atoms with Crippen LogP contribution in [0.5, 0.6) is 0 Å². The third-order valence-corrected chi connectivity index (χ3v) is 8.81. The normalized spacial score (nSPS) is 12.2. The molecular weight excluding hydrogens is 661 g/mol. The monoisotopic (exact) mass is 695 g/mol. The van der Waals surface area contributed by atoms with Crippen LogP contribution in [0.1, 0.15) is 37.8 Å². The van der Waals surface area contributed by atoms with E-state index in [1.54, 1.807) is 11.0 Å². The number of carbonyl (C=O) groups is 2. The van der Waals surface area contributed by atoms with Crippen molar-refractivity contribution >= 4 is 66.7 Å². The molecule has 0 spiro atoms. The number of rotatable bonds is 14. The zero-order chi connectivity index (χ0) is 30.9. The fraction of sp³-hybridized carbons (Fsp3) is 0.355. The summed E-state index contributed by atoms with van der Waals surface area (Å²) in [6.45, 7) is 4.73. The molecule has 226 valence electrons. The number of nitrogens with one attached hydrogen (secondary N) is 1. The summed E-state index contributed by atoms with van der Waals surface area (Å²) < 4.78 is 27.4. The number of halogens is 3. The third-order valence-electron chi connectivity index (χ3n) is 6.55. The van der Waals surface area contributed by atoms with Gasteiger partial charge in [0.2, 0.25) is 21.8 Å². The lowest BCUT2D eigenvalue weighted by molar-refractivity contribution is -0.141. The van der Waals surface area contributed by atoms with Gasteiger partial charge in [-0.3, -0.25) is 13.9 Å². The van der Waals surface area contributed by atoms with Crippen LogP contribution >= 0.6 is 39.1 Å². The molecule has 0 fully saturated rings. The SMILES string of the molecule is CC(C)CNC(=O)[C@@H](Cc1ccccc1)N(Cc1ccc(Br)cc1)C(=O)CCCN(c1cc(Cl)ccc1Cl)S(C)(=O)=O. The van der Waals surface area contributed by atoms with Gasteiger partial charge in [-0.05, 0) is 53.8 Å². The van der Waals surface area contributed by atoms with Crippen molar-refractivity contribution in [2.75, 3.05) is 23.7 Å². The molecule has 0 saturated heterocycles. The molecule has 11 heteroatoms. The molecule has 7 nitrogen and oxygen atoms in total. The number of hydrogen-bond acceptors (Lipinski definition) is 4. The number of sulfonamides is 1. The molecule has 3 aromatic carbocycles. The van der Waals surface area contributed by atoms with E-state index in [1.165, 1.54) is 12.1 Å². The van der Waals surface area contributed by atoms with Crippen LogP contribution in [0, 0.1) is 5.92 Å². The first-order valence-corrected chi connectivity index (χ1v) is 17.0. The van der Waals surface area contributed by atoms with Gasteiger partial charge in [0.15, 0.2) is 0 Å². The van der Waals surface area contributed by atoms with E-state index in [9.17, 15) is 18.0 Å². The summed E-state index contributed by atoms with van der Waals surface area (Å²) in [5.41, 5.74) is 2.04. The van der Waals surface area contributed by atoms with E-state index >= 15 is 0 Å². The molecule has 42 heavy (non-hydrogen) atoms. The van der Waals surface area contributed by atoms with E-state index in [0.717, 1.165) is 26.2 Å². The molecule has 0 aliphatic rings. The lowest BCUT2D eigenvalue weighted by atomic mass is 10.0. The summed E-state index contributed by atoms with van der Waals surface area (Å²) >= 11 is 15.9. The second-order valence-electron chi connectivity index (χ2n) is 10.5. The van der Waals surface area contributed by atoms with Crippen LogP contribution in [0.25, 0.3) is 0 Å². The van der Waals surface area contributed by atoms with Gasteiger partial charge in [0.05, 0.1) is 17.0 Å². The van der Waals surface area contributed by atoms with E-state index in [2.05, 4.69) is 21.2 Å². The average molecular weight is 698 g/mol. The second-order valence-corrected chi connectivity index (χ2v) is 14.2. The molecule has 0 aliphatic heterocycles. The van der Waals surface area contributed by atoms with Crippen molar-refractivity contribution in [3.63, 3.8) is 0 Å². The highest BCUT2D eigenvalue weighted by Crippen LogP contribution is 2.31. The quantitative estimate of drug-likeness (QED) is 0.203. The molecular formula is C31H36BrCl2N3O4S. The summed E-state index contributed by atoms with van der Waals surface area (Å²) in [7, 11) is -3.72. The van der Waals surface area contributed by atoms with Crippen LogP contribution in [0.4, 0.5) is 5.69 Å². The van der Waals surface area contributed by atoms with Crippen molar-refractivity contribution < 1.29 is 18.0 Å². The number of amides is 2. The zero-order valence-electron chi connectivity index (χ0n) is 23.9. The summed E-state index contributed by atoms with van der Waals surface area (Å²) in [6.07, 6.45) is 1.64. The number of carbonyl (C=O) groups excluding carboxylic acids is 2. The maximum absolute atomic E-state index is 13.9. The van der Waals surface area contributed by atoms with Crippen molar-refractivity contribution in [2.24, 2.45) is 5.92 Å². The Labute approximate surface area is 267 Å². The van der Waals surface area contributed by atoms with E-state index in [0.29, 0.717) is 18.0 Å². The number of benzene rings is 3. The van der Waals surface area contributed by atoms with E-state index < -0.39 is 16.1 Å². The van der Waals surface area contributed by atoms with Crippen LogP contribution in [0.15, 0.2) is 77.3 Å². The Morgan fingerprint density at radius 2 is 1.62 bits per heavy atom. The van der Waals surface area contributed by atoms with Gasteiger partial charge in [-0.1, -0.05) is 95.4 Å². The van der Waals surface area contributed by atoms with Gasteiger partial charge < -0.3 is 10.2 Å². The molecule has 0 unspecified atom stereocenters. The molecule has 0 radical (unpaired) electrons. The van der Waals surface area contributed by atoms with Gasteiger partial charge in [-0.15, -0.1) is 0 Å². The first-order valence-electron chi connectivity index (χ1n) is 13.6. The van der Waals surface area contributed by atoms with Gasteiger partial charge in [0.25, 0.3) is 0 Å². The second kappa shape index (κ2) is 15.8. The van der Waals surface area contributed by atoms with Crippen LogP contribution in [0.3, 0.4) is 0 Å². The highest BCUT2D eigenvalue weighted by Gasteiger charge is 2.31. The first kappa shape index (κ1) is 33.9. The Bertz CT molecular complexity index is 1450. The number of anilines is 1. The maximum atomic E-state index is 13.9. The van der Waals surface area contributed by atoms with Crippen molar-refractivity contribution in [1.29, 1.82) is 0 Å².